The second kappa shape index (κ2) is 10.1. The molecular weight excluding hydrogens is 516 g/mol. The third kappa shape index (κ3) is 6.37. The number of nitrogens with two attached hydrogens (primary N) is 1. The fourth-order valence-corrected chi connectivity index (χ4v) is 5.73. The van der Waals surface area contributed by atoms with Gasteiger partial charge in [0, 0.05) is 48.6 Å². The Morgan fingerprint density at radius 2 is 1.75 bits per heavy atom. The largest absolute Gasteiger partial charge is 0.416 e. The van der Waals surface area contributed by atoms with E-state index < -0.39 is 39.5 Å². The first-order valence-electron chi connectivity index (χ1n) is 10.7. The molecule has 0 aliphatic rings. The average Bonchev–Trinajstić information content (AvgIpc) is 3.28. The van der Waals surface area contributed by atoms with E-state index in [1.807, 2.05) is 18.2 Å². The van der Waals surface area contributed by atoms with Gasteiger partial charge in [-0.15, -0.1) is 0 Å². The van der Waals surface area contributed by atoms with E-state index in [0.29, 0.717) is 16.1 Å². The van der Waals surface area contributed by atoms with Crippen molar-refractivity contribution in [1.29, 1.82) is 0 Å². The molecule has 0 radical (unpaired) electrons. The topological polar surface area (TPSA) is 98.0 Å². The highest BCUT2D eigenvalue weighted by Gasteiger charge is 2.31. The standard InChI is InChI=1S/C24H22F4N4O2S2/c1-36(33,34)13-19(14-4-6-18(7-5-14)24(26,27)28)20(29)11-31-23-32-12-21(35-23)15-2-3-16-10-30-22(25)9-17(16)8-15/h2-10,12,19-20H,11,13,29H2,1H3,(H,31,32)/t19-,20-/m0/s1. The Bertz CT molecular complexity index is 1470. The monoisotopic (exact) mass is 538 g/mol. The van der Waals surface area contributed by atoms with Gasteiger partial charge in [-0.25, -0.2) is 18.4 Å². The van der Waals surface area contributed by atoms with Crippen molar-refractivity contribution in [2.45, 2.75) is 18.1 Å². The molecule has 3 N–H and O–H groups in total. The maximum Gasteiger partial charge on any atom is 0.416 e. The van der Waals surface area contributed by atoms with Gasteiger partial charge in [0.2, 0.25) is 5.95 Å². The van der Waals surface area contributed by atoms with E-state index in [2.05, 4.69) is 15.3 Å². The molecule has 0 unspecified atom stereocenters. The lowest BCUT2D eigenvalue weighted by atomic mass is 9.93. The van der Waals surface area contributed by atoms with E-state index in [4.69, 9.17) is 5.73 Å². The molecular formula is C24H22F4N4O2S2. The van der Waals surface area contributed by atoms with Crippen LogP contribution in [0.25, 0.3) is 21.2 Å². The minimum Gasteiger partial charge on any atom is -0.360 e. The van der Waals surface area contributed by atoms with Gasteiger partial charge >= 0.3 is 6.18 Å². The number of benzene rings is 2. The Labute approximate surface area is 209 Å². The highest BCUT2D eigenvalue weighted by atomic mass is 32.2. The number of nitrogens with one attached hydrogen (secondary N) is 1. The summed E-state index contributed by atoms with van der Waals surface area (Å²) in [6, 6.07) is 10.5. The van der Waals surface area contributed by atoms with Gasteiger partial charge in [0.25, 0.3) is 0 Å². The van der Waals surface area contributed by atoms with Gasteiger partial charge < -0.3 is 11.1 Å². The van der Waals surface area contributed by atoms with Gasteiger partial charge in [0.15, 0.2) is 5.13 Å². The molecule has 0 saturated carbocycles. The Kier molecular flexibility index (Phi) is 7.30. The summed E-state index contributed by atoms with van der Waals surface area (Å²) >= 11 is 1.34. The summed E-state index contributed by atoms with van der Waals surface area (Å²) in [5.74, 6) is -1.61. The van der Waals surface area contributed by atoms with Gasteiger partial charge in [-0.2, -0.15) is 17.6 Å². The smallest absolute Gasteiger partial charge is 0.360 e. The Hall–Kier alpha value is -3.09. The third-order valence-electron chi connectivity index (χ3n) is 5.63. The number of pyridine rings is 1. The lowest BCUT2D eigenvalue weighted by molar-refractivity contribution is -0.137. The molecule has 0 fully saturated rings. The summed E-state index contributed by atoms with van der Waals surface area (Å²) < 4.78 is 76.3. The number of nitrogens with zero attached hydrogens (tertiary/aromatic N) is 2. The van der Waals surface area contributed by atoms with Crippen LogP contribution in [0.4, 0.5) is 22.7 Å². The number of aromatic nitrogens is 2. The summed E-state index contributed by atoms with van der Waals surface area (Å²) in [5.41, 5.74) is 6.73. The molecule has 0 aliphatic heterocycles. The van der Waals surface area contributed by atoms with Crippen LogP contribution < -0.4 is 11.1 Å². The van der Waals surface area contributed by atoms with Crippen molar-refractivity contribution in [3.05, 3.63) is 78.0 Å². The molecule has 2 heterocycles. The lowest BCUT2D eigenvalue weighted by Crippen LogP contribution is -2.38. The highest BCUT2D eigenvalue weighted by Crippen LogP contribution is 2.33. The van der Waals surface area contributed by atoms with Crippen LogP contribution in [-0.2, 0) is 16.0 Å². The predicted molar refractivity (Wildman–Crippen MR) is 133 cm³/mol. The molecule has 2 aromatic heterocycles. The number of hydrogen-bond donors (Lipinski definition) is 2. The summed E-state index contributed by atoms with van der Waals surface area (Å²) in [5, 5.41) is 5.12. The van der Waals surface area contributed by atoms with Crippen LogP contribution in [0.3, 0.4) is 0 Å². The van der Waals surface area contributed by atoms with Crippen molar-refractivity contribution >= 4 is 37.1 Å². The quantitative estimate of drug-likeness (QED) is 0.240. The van der Waals surface area contributed by atoms with Crippen molar-refractivity contribution in [1.82, 2.24) is 9.97 Å². The second-order valence-corrected chi connectivity index (χ2v) is 11.7. The zero-order valence-corrected chi connectivity index (χ0v) is 20.6. The normalized spacial score (nSPS) is 14.1. The van der Waals surface area contributed by atoms with Crippen molar-refractivity contribution in [3.8, 4) is 10.4 Å². The van der Waals surface area contributed by atoms with Crippen LogP contribution in [0.5, 0.6) is 0 Å². The van der Waals surface area contributed by atoms with Gasteiger partial charge in [-0.05, 0) is 34.7 Å². The zero-order chi connectivity index (χ0) is 26.1. The first-order chi connectivity index (χ1) is 16.9. The number of fused-ring (bicyclic) bond motifs is 1. The van der Waals surface area contributed by atoms with E-state index in [1.165, 1.54) is 35.7 Å². The molecule has 12 heteroatoms. The van der Waals surface area contributed by atoms with Crippen LogP contribution in [0.1, 0.15) is 17.0 Å². The van der Waals surface area contributed by atoms with Gasteiger partial charge in [-0.3, -0.25) is 0 Å². The van der Waals surface area contributed by atoms with Crippen LogP contribution >= 0.6 is 11.3 Å². The molecule has 2 atom stereocenters. The van der Waals surface area contributed by atoms with Crippen LogP contribution in [0.15, 0.2) is 60.9 Å². The zero-order valence-electron chi connectivity index (χ0n) is 19.0. The summed E-state index contributed by atoms with van der Waals surface area (Å²) in [7, 11) is -3.47. The number of halogens is 4. The summed E-state index contributed by atoms with van der Waals surface area (Å²) in [4.78, 5) is 8.79. The SMILES string of the molecule is CS(=O)(=O)C[C@@H](c1ccc(C(F)(F)F)cc1)[C@@H](N)CNc1ncc(-c2ccc3cnc(F)cc3c2)s1. The van der Waals surface area contributed by atoms with Crippen LogP contribution in [0.2, 0.25) is 0 Å². The first kappa shape index (κ1) is 26.0. The maximum absolute atomic E-state index is 13.5. The highest BCUT2D eigenvalue weighted by molar-refractivity contribution is 7.90. The maximum atomic E-state index is 13.5. The molecule has 0 saturated heterocycles. The average molecular weight is 539 g/mol. The Morgan fingerprint density at radius 1 is 1.03 bits per heavy atom. The van der Waals surface area contributed by atoms with Gasteiger partial charge in [0.1, 0.15) is 9.84 Å². The number of thiazole rings is 1. The van der Waals surface area contributed by atoms with Crippen LogP contribution in [-0.4, -0.2) is 43.0 Å². The molecule has 6 nitrogen and oxygen atoms in total. The molecule has 0 aliphatic carbocycles. The fourth-order valence-electron chi connectivity index (χ4n) is 3.82. The Morgan fingerprint density at radius 3 is 2.42 bits per heavy atom. The number of hydrogen-bond acceptors (Lipinski definition) is 7. The summed E-state index contributed by atoms with van der Waals surface area (Å²) in [6.07, 6.45) is -0.323. The molecule has 36 heavy (non-hydrogen) atoms. The Balaban J connectivity index is 1.49. The molecule has 4 aromatic rings. The lowest BCUT2D eigenvalue weighted by Gasteiger charge is -2.24. The fraction of sp³-hybridized carbons (Fsp3) is 0.250. The summed E-state index contributed by atoms with van der Waals surface area (Å²) in [6.45, 7) is 0.142. The molecule has 190 valence electrons. The van der Waals surface area contributed by atoms with E-state index in [0.717, 1.165) is 34.2 Å². The van der Waals surface area contributed by atoms with E-state index in [9.17, 15) is 26.0 Å². The molecule has 0 bridgehead atoms. The van der Waals surface area contributed by atoms with E-state index >= 15 is 0 Å². The third-order valence-corrected chi connectivity index (χ3v) is 7.60. The predicted octanol–water partition coefficient (Wildman–Crippen LogP) is 5.08. The van der Waals surface area contributed by atoms with Crippen molar-refractivity contribution in [2.75, 3.05) is 23.9 Å². The minimum absolute atomic E-state index is 0.142. The minimum atomic E-state index is -4.49. The number of anilines is 1. The number of rotatable bonds is 8. The van der Waals surface area contributed by atoms with Crippen molar-refractivity contribution in [3.63, 3.8) is 0 Å². The van der Waals surface area contributed by atoms with Gasteiger partial charge in [-0.1, -0.05) is 35.6 Å². The molecule has 4 rings (SSSR count). The van der Waals surface area contributed by atoms with Gasteiger partial charge in [0.05, 0.1) is 16.2 Å². The molecule has 0 spiro atoms. The van der Waals surface area contributed by atoms with Crippen molar-refractivity contribution < 1.29 is 26.0 Å². The number of sulfone groups is 1. The molecule has 2 aromatic carbocycles. The van der Waals surface area contributed by atoms with Crippen LogP contribution in [0, 0.1) is 5.95 Å². The van der Waals surface area contributed by atoms with Crippen molar-refractivity contribution in [2.24, 2.45) is 5.73 Å². The van der Waals surface area contributed by atoms with E-state index in [1.54, 1.807) is 6.20 Å². The number of alkyl halides is 3. The van der Waals surface area contributed by atoms with E-state index in [-0.39, 0.29) is 12.3 Å². The molecule has 0 amide bonds. The second-order valence-electron chi connectivity index (χ2n) is 8.46. The first-order valence-corrected chi connectivity index (χ1v) is 13.6.